The summed E-state index contributed by atoms with van der Waals surface area (Å²) >= 11 is 0. The molecule has 2 aromatic carbocycles. The van der Waals surface area contributed by atoms with Crippen LogP contribution in [-0.2, 0) is 44.6 Å². The molecule has 33 heavy (non-hydrogen) atoms. The quantitative estimate of drug-likeness (QED) is 0.536. The standard InChI is InChI=1S/C24H28O8S/c1-3-30-33(25,26)16-19-21(28-14-17-10-6-4-7-11-17)22-20(31-24(19)27-2)15-29-23(32-22)18-12-8-5-9-13-18/h4-13,16,20-24H,3,14-15H2,1-2H3/b19-16-/t20-,21-,22-,23?,24+/m1/s1. The van der Waals surface area contributed by atoms with Gasteiger partial charge in [0.1, 0.15) is 18.3 Å². The molecule has 8 nitrogen and oxygen atoms in total. The minimum atomic E-state index is -3.98. The predicted octanol–water partition coefficient (Wildman–Crippen LogP) is 3.31. The van der Waals surface area contributed by atoms with E-state index in [0.717, 1.165) is 16.5 Å². The lowest BCUT2D eigenvalue weighted by atomic mass is 9.96. The normalized spacial score (nSPS) is 29.0. The number of fused-ring (bicyclic) bond motifs is 1. The summed E-state index contributed by atoms with van der Waals surface area (Å²) in [5.74, 6) is 0. The van der Waals surface area contributed by atoms with Gasteiger partial charge in [0.2, 0.25) is 0 Å². The van der Waals surface area contributed by atoms with E-state index in [1.54, 1.807) is 6.92 Å². The number of ether oxygens (including phenoxy) is 5. The van der Waals surface area contributed by atoms with Crippen molar-refractivity contribution in [2.75, 3.05) is 20.3 Å². The number of hydrogen-bond donors (Lipinski definition) is 0. The molecule has 2 aliphatic heterocycles. The molecule has 0 saturated carbocycles. The summed E-state index contributed by atoms with van der Waals surface area (Å²) < 4.78 is 59.8. The van der Waals surface area contributed by atoms with Gasteiger partial charge >= 0.3 is 0 Å². The molecule has 0 spiro atoms. The Bertz CT molecular complexity index is 1020. The number of benzene rings is 2. The van der Waals surface area contributed by atoms with E-state index in [4.69, 9.17) is 27.9 Å². The first-order valence-electron chi connectivity index (χ1n) is 10.8. The van der Waals surface area contributed by atoms with Crippen molar-refractivity contribution in [2.45, 2.75) is 44.4 Å². The summed E-state index contributed by atoms with van der Waals surface area (Å²) in [5.41, 5.74) is 2.06. The Morgan fingerprint density at radius 1 is 1.03 bits per heavy atom. The molecule has 2 aromatic rings. The Morgan fingerprint density at radius 3 is 2.39 bits per heavy atom. The van der Waals surface area contributed by atoms with Gasteiger partial charge in [0.05, 0.1) is 25.2 Å². The molecule has 9 heteroatoms. The van der Waals surface area contributed by atoms with Gasteiger partial charge in [-0.2, -0.15) is 8.42 Å². The molecule has 2 heterocycles. The zero-order valence-electron chi connectivity index (χ0n) is 18.5. The third kappa shape index (κ3) is 5.88. The second kappa shape index (κ2) is 10.9. The van der Waals surface area contributed by atoms with Gasteiger partial charge in [0, 0.05) is 18.2 Å². The van der Waals surface area contributed by atoms with E-state index in [0.29, 0.717) is 0 Å². The van der Waals surface area contributed by atoms with Crippen molar-refractivity contribution >= 4 is 10.1 Å². The zero-order chi connectivity index (χ0) is 23.3. The van der Waals surface area contributed by atoms with E-state index in [1.165, 1.54) is 7.11 Å². The van der Waals surface area contributed by atoms with Crippen molar-refractivity contribution in [1.29, 1.82) is 0 Å². The molecule has 0 amide bonds. The third-order valence-corrected chi connectivity index (χ3v) is 6.50. The molecule has 2 fully saturated rings. The molecule has 0 radical (unpaired) electrons. The van der Waals surface area contributed by atoms with Crippen LogP contribution in [0.3, 0.4) is 0 Å². The topological polar surface area (TPSA) is 89.5 Å². The Morgan fingerprint density at radius 2 is 1.73 bits per heavy atom. The summed E-state index contributed by atoms with van der Waals surface area (Å²) in [6.07, 6.45) is -3.49. The molecular weight excluding hydrogens is 448 g/mol. The van der Waals surface area contributed by atoms with Gasteiger partial charge in [0.15, 0.2) is 12.6 Å². The first-order valence-corrected chi connectivity index (χ1v) is 12.2. The molecular formula is C24H28O8S. The van der Waals surface area contributed by atoms with Crippen LogP contribution in [0.1, 0.15) is 24.3 Å². The molecule has 2 aliphatic rings. The first-order chi connectivity index (χ1) is 16.0. The molecule has 0 aliphatic carbocycles. The van der Waals surface area contributed by atoms with E-state index in [9.17, 15) is 8.42 Å². The van der Waals surface area contributed by atoms with Crippen molar-refractivity contribution in [3.8, 4) is 0 Å². The lowest BCUT2D eigenvalue weighted by Gasteiger charge is -2.46. The van der Waals surface area contributed by atoms with Crippen LogP contribution in [-0.4, -0.2) is 53.3 Å². The Labute approximate surface area is 194 Å². The smallest absolute Gasteiger partial charge is 0.290 e. The zero-order valence-corrected chi connectivity index (χ0v) is 19.3. The van der Waals surface area contributed by atoms with Crippen LogP contribution in [0.25, 0.3) is 0 Å². The SMILES string of the molecule is CCOS(=O)(=O)/C=C1\[C@@H](OC)O[C@@H]2COC(c3ccccc3)O[C@H]2[C@@H]1OCc1ccccc1. The fraction of sp³-hybridized carbons (Fsp3) is 0.417. The van der Waals surface area contributed by atoms with Crippen LogP contribution < -0.4 is 0 Å². The van der Waals surface area contributed by atoms with Crippen LogP contribution >= 0.6 is 0 Å². The van der Waals surface area contributed by atoms with Crippen molar-refractivity contribution in [2.24, 2.45) is 0 Å². The minimum absolute atomic E-state index is 0.00658. The number of hydrogen-bond acceptors (Lipinski definition) is 8. The summed E-state index contributed by atoms with van der Waals surface area (Å²) in [5, 5.41) is 1.02. The fourth-order valence-corrected chi connectivity index (χ4v) is 4.88. The molecule has 0 N–H and O–H groups in total. The summed E-state index contributed by atoms with van der Waals surface area (Å²) in [6, 6.07) is 19.1. The van der Waals surface area contributed by atoms with Crippen LogP contribution in [0.4, 0.5) is 0 Å². The summed E-state index contributed by atoms with van der Waals surface area (Å²) in [7, 11) is -2.54. The maximum atomic E-state index is 12.5. The van der Waals surface area contributed by atoms with E-state index >= 15 is 0 Å². The van der Waals surface area contributed by atoms with Gasteiger partial charge in [-0.15, -0.1) is 0 Å². The highest BCUT2D eigenvalue weighted by atomic mass is 32.2. The molecule has 0 bridgehead atoms. The highest BCUT2D eigenvalue weighted by Crippen LogP contribution is 2.38. The second-order valence-electron chi connectivity index (χ2n) is 7.65. The van der Waals surface area contributed by atoms with Crippen molar-refractivity contribution in [3.63, 3.8) is 0 Å². The summed E-state index contributed by atoms with van der Waals surface area (Å²) in [6.45, 7) is 2.09. The predicted molar refractivity (Wildman–Crippen MR) is 119 cm³/mol. The average Bonchev–Trinajstić information content (AvgIpc) is 2.83. The Hall–Kier alpha value is -2.11. The maximum Gasteiger partial charge on any atom is 0.290 e. The average molecular weight is 477 g/mol. The van der Waals surface area contributed by atoms with E-state index in [1.807, 2.05) is 60.7 Å². The number of rotatable bonds is 8. The molecule has 5 atom stereocenters. The highest BCUT2D eigenvalue weighted by Gasteiger charge is 2.48. The fourth-order valence-electron chi connectivity index (χ4n) is 3.91. The third-order valence-electron chi connectivity index (χ3n) is 5.38. The molecule has 2 saturated heterocycles. The molecule has 4 rings (SSSR count). The van der Waals surface area contributed by atoms with Crippen molar-refractivity contribution in [3.05, 3.63) is 82.8 Å². The molecule has 178 valence electrons. The van der Waals surface area contributed by atoms with Crippen LogP contribution in [0, 0.1) is 0 Å². The lowest BCUT2D eigenvalue weighted by molar-refractivity contribution is -0.322. The van der Waals surface area contributed by atoms with Gasteiger partial charge < -0.3 is 23.7 Å². The lowest BCUT2D eigenvalue weighted by Crippen LogP contribution is -2.57. The van der Waals surface area contributed by atoms with Gasteiger partial charge in [-0.05, 0) is 12.5 Å². The second-order valence-corrected chi connectivity index (χ2v) is 9.11. The van der Waals surface area contributed by atoms with E-state index in [-0.39, 0.29) is 25.4 Å². The maximum absolute atomic E-state index is 12.5. The van der Waals surface area contributed by atoms with Gasteiger partial charge in [-0.1, -0.05) is 60.7 Å². The van der Waals surface area contributed by atoms with Crippen LogP contribution in [0.5, 0.6) is 0 Å². The van der Waals surface area contributed by atoms with Gasteiger partial charge in [-0.25, -0.2) is 0 Å². The summed E-state index contributed by atoms with van der Waals surface area (Å²) in [4.78, 5) is 0. The Kier molecular flexibility index (Phi) is 7.92. The Balaban J connectivity index is 1.67. The van der Waals surface area contributed by atoms with Crippen LogP contribution in [0.15, 0.2) is 71.6 Å². The van der Waals surface area contributed by atoms with E-state index in [2.05, 4.69) is 0 Å². The van der Waals surface area contributed by atoms with Gasteiger partial charge in [-0.3, -0.25) is 4.18 Å². The molecule has 0 aromatic heterocycles. The van der Waals surface area contributed by atoms with Crippen LogP contribution in [0.2, 0.25) is 0 Å². The monoisotopic (exact) mass is 476 g/mol. The van der Waals surface area contributed by atoms with Crippen molar-refractivity contribution in [1.82, 2.24) is 0 Å². The first kappa shape index (κ1) is 24.0. The highest BCUT2D eigenvalue weighted by molar-refractivity contribution is 7.89. The number of methoxy groups -OCH3 is 1. The van der Waals surface area contributed by atoms with E-state index < -0.39 is 41.0 Å². The molecule has 1 unspecified atom stereocenters. The van der Waals surface area contributed by atoms with Crippen molar-refractivity contribution < 1.29 is 36.3 Å². The largest absolute Gasteiger partial charge is 0.366 e. The minimum Gasteiger partial charge on any atom is -0.366 e. The van der Waals surface area contributed by atoms with Gasteiger partial charge in [0.25, 0.3) is 10.1 Å².